The van der Waals surface area contributed by atoms with Crippen LogP contribution in [0, 0.1) is 5.92 Å². The predicted molar refractivity (Wildman–Crippen MR) is 140 cm³/mol. The van der Waals surface area contributed by atoms with Gasteiger partial charge >= 0.3 is 6.18 Å². The number of ether oxygens (including phenoxy) is 3. The molecule has 2 atom stereocenters. The number of aliphatic imine (C=N–C) groups is 1. The summed E-state index contributed by atoms with van der Waals surface area (Å²) in [6.07, 6.45) is 6.94. The van der Waals surface area contributed by atoms with Crippen molar-refractivity contribution < 1.29 is 32.2 Å². The van der Waals surface area contributed by atoms with Gasteiger partial charge in [0.15, 0.2) is 13.2 Å². The van der Waals surface area contributed by atoms with E-state index in [1.807, 2.05) is 24.1 Å². The van der Waals surface area contributed by atoms with E-state index >= 15 is 0 Å². The normalized spacial score (nSPS) is 22.4. The highest BCUT2D eigenvalue weighted by Crippen LogP contribution is 2.23. The molecule has 3 aliphatic heterocycles. The second kappa shape index (κ2) is 13.3. The number of rotatable bonds is 9. The van der Waals surface area contributed by atoms with Crippen LogP contribution in [0.2, 0.25) is 0 Å². The number of fused-ring (bicyclic) bond motifs is 1. The number of halogens is 3. The van der Waals surface area contributed by atoms with Gasteiger partial charge in [-0.15, -0.1) is 0 Å². The quantitative estimate of drug-likeness (QED) is 0.431. The summed E-state index contributed by atoms with van der Waals surface area (Å²) in [6.45, 7) is 5.46. The van der Waals surface area contributed by atoms with Crippen molar-refractivity contribution in [2.24, 2.45) is 10.9 Å². The molecule has 4 rings (SSSR count). The molecule has 11 heteroatoms. The van der Waals surface area contributed by atoms with E-state index in [4.69, 9.17) is 14.2 Å². The summed E-state index contributed by atoms with van der Waals surface area (Å²) in [5.41, 5.74) is 2.70. The first-order chi connectivity index (χ1) is 18.6. The molecule has 0 N–H and O–H groups in total. The van der Waals surface area contributed by atoms with Gasteiger partial charge in [0, 0.05) is 68.9 Å². The highest BCUT2D eigenvalue weighted by Gasteiger charge is 2.29. The maximum absolute atomic E-state index is 12.4. The minimum absolute atomic E-state index is 0.0145. The average Bonchev–Trinajstić information content (AvgIpc) is 3.12. The van der Waals surface area contributed by atoms with Gasteiger partial charge in [-0.05, 0) is 43.4 Å². The van der Waals surface area contributed by atoms with Crippen molar-refractivity contribution in [1.82, 2.24) is 14.8 Å². The van der Waals surface area contributed by atoms with Gasteiger partial charge in [-0.25, -0.2) is 9.98 Å². The van der Waals surface area contributed by atoms with Gasteiger partial charge in [-0.2, -0.15) is 13.2 Å². The first-order valence-corrected chi connectivity index (χ1v) is 13.2. The van der Waals surface area contributed by atoms with Crippen LogP contribution in [0.25, 0.3) is 0 Å². The monoisotopic (exact) mass is 548 g/mol. The van der Waals surface area contributed by atoms with E-state index in [2.05, 4.69) is 21.5 Å². The number of aromatic nitrogens is 1. The summed E-state index contributed by atoms with van der Waals surface area (Å²) in [4.78, 5) is 24.6. The Bertz CT molecular complexity index is 1110. The number of hydrogen-bond acceptors (Lipinski definition) is 7. The fourth-order valence-corrected chi connectivity index (χ4v) is 4.64. The van der Waals surface area contributed by atoms with Crippen molar-refractivity contribution in [2.75, 3.05) is 46.5 Å². The van der Waals surface area contributed by atoms with Crippen LogP contribution in [0.4, 0.5) is 13.2 Å². The zero-order chi connectivity index (χ0) is 27.8. The van der Waals surface area contributed by atoms with Crippen molar-refractivity contribution in [1.29, 1.82) is 0 Å². The Morgan fingerprint density at radius 2 is 2.05 bits per heavy atom. The first-order valence-electron chi connectivity index (χ1n) is 13.2. The molecule has 1 aromatic rings. The smallest absolute Gasteiger partial charge is 0.422 e. The molecule has 1 aromatic heterocycles. The number of carbonyl (C=O) groups is 1. The predicted octanol–water partition coefficient (Wildman–Crippen LogP) is 4.08. The van der Waals surface area contributed by atoms with Crippen molar-refractivity contribution in [3.05, 3.63) is 59.8 Å². The minimum Gasteiger partial charge on any atom is -0.482 e. The Morgan fingerprint density at radius 1 is 1.23 bits per heavy atom. The molecule has 4 heterocycles. The van der Waals surface area contributed by atoms with Gasteiger partial charge in [0.25, 0.3) is 5.91 Å². The number of allylic oxidation sites excluding steroid dienone is 2. The Kier molecular flexibility index (Phi) is 9.79. The molecule has 39 heavy (non-hydrogen) atoms. The molecule has 3 aliphatic rings. The number of likely N-dealkylation sites (N-methyl/N-ethyl adjacent to an activating group) is 1. The van der Waals surface area contributed by atoms with E-state index in [-0.39, 0.29) is 30.4 Å². The van der Waals surface area contributed by atoms with E-state index in [0.29, 0.717) is 18.8 Å². The summed E-state index contributed by atoms with van der Waals surface area (Å²) in [5, 5.41) is 0. The van der Waals surface area contributed by atoms with Crippen LogP contribution < -0.4 is 4.74 Å². The van der Waals surface area contributed by atoms with E-state index in [1.54, 1.807) is 18.5 Å². The Balaban J connectivity index is 1.13. The molecule has 0 aromatic carbocycles. The fraction of sp³-hybridized carbons (Fsp3) is 0.536. The van der Waals surface area contributed by atoms with E-state index < -0.39 is 12.8 Å². The number of alkyl halides is 3. The number of amides is 1. The van der Waals surface area contributed by atoms with Crippen LogP contribution in [-0.2, 0) is 27.1 Å². The van der Waals surface area contributed by atoms with Crippen LogP contribution in [0.5, 0.6) is 5.88 Å². The molecular weight excluding hydrogens is 513 g/mol. The maximum atomic E-state index is 12.4. The van der Waals surface area contributed by atoms with Crippen molar-refractivity contribution in [2.45, 2.75) is 44.4 Å². The lowest BCUT2D eigenvalue weighted by molar-refractivity contribution is -0.154. The highest BCUT2D eigenvalue weighted by atomic mass is 19.4. The van der Waals surface area contributed by atoms with Gasteiger partial charge in [0.05, 0.1) is 12.7 Å². The molecule has 8 nitrogen and oxygen atoms in total. The first kappa shape index (κ1) is 28.8. The second-order valence-electron chi connectivity index (χ2n) is 10.0. The Labute approximate surface area is 226 Å². The molecule has 1 saturated heterocycles. The number of nitrogens with zero attached hydrogens (tertiary/aromatic N) is 4. The zero-order valence-corrected chi connectivity index (χ0v) is 22.2. The SMILES string of the molecule is C=C1C=CC(OCC(=O)N=CC2CC[C@H](CCN3CCc4ccc(OCC(F)(F)F)nc4CC3)OC2)=CN1C. The molecule has 0 saturated carbocycles. The topological polar surface area (TPSA) is 76.5 Å². The summed E-state index contributed by atoms with van der Waals surface area (Å²) in [6, 6.07) is 3.33. The average molecular weight is 549 g/mol. The third kappa shape index (κ3) is 9.21. The third-order valence-electron chi connectivity index (χ3n) is 6.97. The lowest BCUT2D eigenvalue weighted by atomic mass is 9.98. The van der Waals surface area contributed by atoms with Crippen molar-refractivity contribution in [3.63, 3.8) is 0 Å². The van der Waals surface area contributed by atoms with Gasteiger partial charge in [0.1, 0.15) is 5.76 Å². The van der Waals surface area contributed by atoms with Crippen LogP contribution in [0.15, 0.2) is 53.5 Å². The highest BCUT2D eigenvalue weighted by molar-refractivity contribution is 5.86. The van der Waals surface area contributed by atoms with E-state index in [9.17, 15) is 18.0 Å². The number of pyridine rings is 1. The molecule has 212 valence electrons. The van der Waals surface area contributed by atoms with Crippen LogP contribution in [-0.4, -0.2) is 85.7 Å². The summed E-state index contributed by atoms with van der Waals surface area (Å²) in [7, 11) is 1.86. The largest absolute Gasteiger partial charge is 0.482 e. The van der Waals surface area contributed by atoms with Crippen molar-refractivity contribution >= 4 is 12.1 Å². The summed E-state index contributed by atoms with van der Waals surface area (Å²) < 4.78 is 53.7. The standard InChI is InChI=1S/C28H35F3N4O4/c1-20-3-6-24(16-34(20)2)38-18-26(36)32-15-21-4-7-23(37-17-21)10-13-35-12-9-22-5-8-27(33-25(22)11-14-35)39-19-28(29,30)31/h3,5-6,8,15-16,21,23H,1,4,7,9-14,17-19H2,2H3/t21?,23-/m1/s1. The third-order valence-corrected chi connectivity index (χ3v) is 6.97. The van der Waals surface area contributed by atoms with Gasteiger partial charge in [0.2, 0.25) is 5.88 Å². The lowest BCUT2D eigenvalue weighted by Gasteiger charge is -2.29. The lowest BCUT2D eigenvalue weighted by Crippen LogP contribution is -2.33. The molecule has 1 unspecified atom stereocenters. The molecule has 0 radical (unpaired) electrons. The molecule has 0 aliphatic carbocycles. The Hall–Kier alpha value is -3.18. The van der Waals surface area contributed by atoms with E-state index in [1.165, 1.54) is 6.07 Å². The van der Waals surface area contributed by atoms with Crippen LogP contribution in [0.3, 0.4) is 0 Å². The number of carbonyl (C=O) groups excluding carboxylic acids is 1. The fourth-order valence-electron chi connectivity index (χ4n) is 4.64. The molecular formula is C28H35F3N4O4. The van der Waals surface area contributed by atoms with Gasteiger partial charge in [-0.1, -0.05) is 12.6 Å². The summed E-state index contributed by atoms with van der Waals surface area (Å²) >= 11 is 0. The second-order valence-corrected chi connectivity index (χ2v) is 10.0. The maximum Gasteiger partial charge on any atom is 0.422 e. The van der Waals surface area contributed by atoms with Gasteiger partial charge in [-0.3, -0.25) is 4.79 Å². The molecule has 1 fully saturated rings. The minimum atomic E-state index is -4.38. The van der Waals surface area contributed by atoms with Crippen molar-refractivity contribution in [3.8, 4) is 5.88 Å². The van der Waals surface area contributed by atoms with Crippen LogP contribution >= 0.6 is 0 Å². The zero-order valence-electron chi connectivity index (χ0n) is 22.2. The summed E-state index contributed by atoms with van der Waals surface area (Å²) in [5.74, 6) is 0.359. The van der Waals surface area contributed by atoms with Crippen LogP contribution in [0.1, 0.15) is 30.5 Å². The number of hydrogen-bond donors (Lipinski definition) is 0. The van der Waals surface area contributed by atoms with Gasteiger partial charge < -0.3 is 24.0 Å². The Morgan fingerprint density at radius 3 is 2.79 bits per heavy atom. The molecule has 0 bridgehead atoms. The van der Waals surface area contributed by atoms with E-state index in [0.717, 1.165) is 62.3 Å². The molecule has 1 amide bonds. The molecule has 0 spiro atoms.